The lowest BCUT2D eigenvalue weighted by Gasteiger charge is -2.00. The molecule has 0 spiro atoms. The Morgan fingerprint density at radius 2 is 1.18 bits per heavy atom. The van der Waals surface area contributed by atoms with Crippen LogP contribution in [0.15, 0.2) is 12.2 Å². The zero-order valence-corrected chi connectivity index (χ0v) is 11.8. The topological polar surface area (TPSA) is 9.23 Å². The van der Waals surface area contributed by atoms with Gasteiger partial charge in [-0.25, -0.2) is 0 Å². The molecule has 1 aliphatic rings. The van der Waals surface area contributed by atoms with Crippen LogP contribution in [0, 0.1) is 0 Å². The van der Waals surface area contributed by atoms with Gasteiger partial charge in [0.1, 0.15) is 21.0 Å². The molecule has 0 radical (unpaired) electrons. The van der Waals surface area contributed by atoms with E-state index in [1.54, 1.807) is 0 Å². The highest BCUT2D eigenvalue weighted by Gasteiger charge is 1.89. The van der Waals surface area contributed by atoms with E-state index in [0.29, 0.717) is 0 Å². The maximum atomic E-state index is 4.53. The summed E-state index contributed by atoms with van der Waals surface area (Å²) in [7, 11) is 1.86. The number of rotatable bonds is 0. The van der Waals surface area contributed by atoms with Crippen molar-refractivity contribution >= 4 is 21.0 Å². The van der Waals surface area contributed by atoms with Gasteiger partial charge in [-0.2, -0.15) is 0 Å². The van der Waals surface area contributed by atoms with Gasteiger partial charge in [0.25, 0.3) is 0 Å². The zero-order chi connectivity index (χ0) is 8.36. The second-order valence-electron chi connectivity index (χ2n) is 2.87. The molecule has 0 bridgehead atoms. The molecule has 0 atom stereocenters. The Morgan fingerprint density at radius 1 is 0.818 bits per heavy atom. The molecule has 66 valence electrons. The third kappa shape index (κ3) is 10.1. The maximum absolute atomic E-state index is 4.53. The van der Waals surface area contributed by atoms with Gasteiger partial charge in [-0.3, -0.25) is 0 Å². The van der Waals surface area contributed by atoms with E-state index >= 15 is 0 Å². The van der Waals surface area contributed by atoms with Gasteiger partial charge in [-0.15, -0.1) is 0 Å². The monoisotopic (exact) mass is 188 g/mol. The molecule has 0 aromatic carbocycles. The highest BCUT2D eigenvalue weighted by atomic mass is 28.3. The van der Waals surface area contributed by atoms with Crippen molar-refractivity contribution in [2.24, 2.45) is 0 Å². The second-order valence-corrected chi connectivity index (χ2v) is 6.14. The Labute approximate surface area is 76.3 Å². The highest BCUT2D eigenvalue weighted by Crippen LogP contribution is 2.09. The summed E-state index contributed by atoms with van der Waals surface area (Å²) >= 11 is 0. The minimum Gasteiger partial charge on any atom is -0.471 e. The first kappa shape index (κ1) is 11.1. The molecule has 0 aliphatic heterocycles. The molecule has 1 aliphatic carbocycles. The zero-order valence-electron chi connectivity index (χ0n) is 7.81. The van der Waals surface area contributed by atoms with Crippen molar-refractivity contribution in [1.29, 1.82) is 0 Å². The normalized spacial score (nSPS) is 18.2. The van der Waals surface area contributed by atoms with Gasteiger partial charge in [-0.05, 0) is 25.7 Å². The van der Waals surface area contributed by atoms with E-state index in [0.717, 1.165) is 21.0 Å². The van der Waals surface area contributed by atoms with Crippen LogP contribution in [0.4, 0.5) is 0 Å². The highest BCUT2D eigenvalue weighted by molar-refractivity contribution is 6.15. The minimum absolute atomic E-state index is 0.931. The molecule has 0 aromatic heterocycles. The lowest BCUT2D eigenvalue weighted by molar-refractivity contribution is 0.638. The Bertz CT molecular complexity index is 84.1. The van der Waals surface area contributed by atoms with Crippen molar-refractivity contribution in [3.05, 3.63) is 12.2 Å². The third-order valence-corrected chi connectivity index (χ3v) is 1.66. The van der Waals surface area contributed by atoms with Crippen LogP contribution in [0.2, 0.25) is 0 Å². The van der Waals surface area contributed by atoms with Crippen molar-refractivity contribution in [3.8, 4) is 0 Å². The van der Waals surface area contributed by atoms with E-state index < -0.39 is 0 Å². The molecular formula is C8H20OSi2. The van der Waals surface area contributed by atoms with Gasteiger partial charge in [0.15, 0.2) is 0 Å². The first-order valence-electron chi connectivity index (χ1n) is 4.47. The fourth-order valence-electron chi connectivity index (χ4n) is 1.11. The SMILES string of the molecule is C1=CCCCCCC1.[SiH3]O[SiH3]. The third-order valence-electron chi connectivity index (χ3n) is 1.66. The number of hydrogen-bond acceptors (Lipinski definition) is 1. The van der Waals surface area contributed by atoms with Crippen molar-refractivity contribution in [1.82, 2.24) is 0 Å². The summed E-state index contributed by atoms with van der Waals surface area (Å²) in [5, 5.41) is 0. The van der Waals surface area contributed by atoms with E-state index in [1.807, 2.05) is 0 Å². The maximum Gasteiger partial charge on any atom is 0.129 e. The lowest BCUT2D eigenvalue weighted by atomic mass is 10.1. The molecule has 0 saturated heterocycles. The molecule has 0 aromatic rings. The molecule has 0 heterocycles. The van der Waals surface area contributed by atoms with Crippen LogP contribution in [0.1, 0.15) is 38.5 Å². The molecule has 11 heavy (non-hydrogen) atoms. The molecule has 1 nitrogen and oxygen atoms in total. The second kappa shape index (κ2) is 10.1. The van der Waals surface area contributed by atoms with Gasteiger partial charge in [-0.1, -0.05) is 25.0 Å². The van der Waals surface area contributed by atoms with E-state index in [2.05, 4.69) is 16.3 Å². The minimum atomic E-state index is 0.931. The first-order valence-corrected chi connectivity index (χ1v) is 6.10. The molecule has 0 fully saturated rings. The molecule has 0 unspecified atom stereocenters. The number of hydrogen-bond donors (Lipinski definition) is 0. The molecule has 0 N–H and O–H groups in total. The summed E-state index contributed by atoms with van der Waals surface area (Å²) < 4.78 is 4.53. The van der Waals surface area contributed by atoms with Gasteiger partial charge in [0, 0.05) is 0 Å². The fraction of sp³-hybridized carbons (Fsp3) is 0.750. The van der Waals surface area contributed by atoms with E-state index in [1.165, 1.54) is 38.5 Å². The first-order chi connectivity index (χ1) is 5.41. The van der Waals surface area contributed by atoms with Gasteiger partial charge < -0.3 is 4.12 Å². The fourth-order valence-corrected chi connectivity index (χ4v) is 1.11. The van der Waals surface area contributed by atoms with Crippen molar-refractivity contribution in [3.63, 3.8) is 0 Å². The predicted molar refractivity (Wildman–Crippen MR) is 57.8 cm³/mol. The van der Waals surface area contributed by atoms with Gasteiger partial charge in [0.05, 0.1) is 0 Å². The molecular weight excluding hydrogens is 168 g/mol. The smallest absolute Gasteiger partial charge is 0.129 e. The predicted octanol–water partition coefficient (Wildman–Crippen LogP) is 0.461. The number of allylic oxidation sites excluding steroid dienone is 2. The van der Waals surface area contributed by atoms with Crippen molar-refractivity contribution in [2.45, 2.75) is 38.5 Å². The van der Waals surface area contributed by atoms with Crippen molar-refractivity contribution < 1.29 is 4.12 Å². The summed E-state index contributed by atoms with van der Waals surface area (Å²) in [6.45, 7) is 0. The summed E-state index contributed by atoms with van der Waals surface area (Å²) in [4.78, 5) is 0. The van der Waals surface area contributed by atoms with Crippen LogP contribution in [0.25, 0.3) is 0 Å². The summed E-state index contributed by atoms with van der Waals surface area (Å²) in [5.74, 6) is 0. The summed E-state index contributed by atoms with van der Waals surface area (Å²) in [6, 6.07) is 0. The Kier molecular flexibility index (Phi) is 10.3. The quantitative estimate of drug-likeness (QED) is 0.396. The molecule has 3 heteroatoms. The van der Waals surface area contributed by atoms with Crippen LogP contribution in [0.3, 0.4) is 0 Å². The molecule has 0 amide bonds. The lowest BCUT2D eigenvalue weighted by Crippen LogP contribution is -1.80. The van der Waals surface area contributed by atoms with Crippen molar-refractivity contribution in [2.75, 3.05) is 0 Å². The van der Waals surface area contributed by atoms with Crippen LogP contribution in [-0.4, -0.2) is 21.0 Å². The van der Waals surface area contributed by atoms with Gasteiger partial charge >= 0.3 is 0 Å². The summed E-state index contributed by atoms with van der Waals surface area (Å²) in [5.41, 5.74) is 0. The Morgan fingerprint density at radius 3 is 1.55 bits per heavy atom. The molecule has 0 saturated carbocycles. The average molecular weight is 188 g/mol. The standard InChI is InChI=1S/C8H14.H6OSi2/c1-2-4-6-8-7-5-3-1;2-1-3/h1-2H,3-8H2;2-3H3. The molecule has 1 rings (SSSR count). The van der Waals surface area contributed by atoms with Gasteiger partial charge in [0.2, 0.25) is 0 Å². The van der Waals surface area contributed by atoms with Crippen LogP contribution in [0.5, 0.6) is 0 Å². The largest absolute Gasteiger partial charge is 0.471 e. The van der Waals surface area contributed by atoms with E-state index in [-0.39, 0.29) is 0 Å². The summed E-state index contributed by atoms with van der Waals surface area (Å²) in [6.07, 6.45) is 13.0. The van der Waals surface area contributed by atoms with Crippen LogP contribution in [-0.2, 0) is 4.12 Å². The average Bonchev–Trinajstić information content (AvgIpc) is 1.86. The Hall–Kier alpha value is 0.134. The van der Waals surface area contributed by atoms with Crippen LogP contribution >= 0.6 is 0 Å². The van der Waals surface area contributed by atoms with E-state index in [9.17, 15) is 0 Å². The Balaban J connectivity index is 0.000000292. The van der Waals surface area contributed by atoms with E-state index in [4.69, 9.17) is 0 Å². The van der Waals surface area contributed by atoms with Crippen LogP contribution < -0.4 is 0 Å².